The van der Waals surface area contributed by atoms with Crippen molar-refractivity contribution in [3.8, 4) is 0 Å². The second-order valence-electron chi connectivity index (χ2n) is 7.80. The summed E-state index contributed by atoms with van der Waals surface area (Å²) < 4.78 is 0. The zero-order valence-corrected chi connectivity index (χ0v) is 16.1. The molecule has 2 aliphatic heterocycles. The third kappa shape index (κ3) is 3.35. The van der Waals surface area contributed by atoms with E-state index in [1.807, 2.05) is 6.20 Å². The van der Waals surface area contributed by atoms with Crippen molar-refractivity contribution < 1.29 is 0 Å². The Morgan fingerprint density at radius 2 is 2.04 bits per heavy atom. The van der Waals surface area contributed by atoms with Crippen molar-refractivity contribution in [3.63, 3.8) is 0 Å². The molecule has 0 bridgehead atoms. The Balaban J connectivity index is 1.43. The van der Waals surface area contributed by atoms with Crippen LogP contribution in [-0.2, 0) is 13.0 Å². The number of benzene rings is 1. The minimum atomic E-state index is 0.506. The van der Waals surface area contributed by atoms with E-state index < -0.39 is 0 Å². The van der Waals surface area contributed by atoms with Gasteiger partial charge in [0.15, 0.2) is 0 Å². The minimum Gasteiger partial charge on any atom is -0.298 e. The highest BCUT2D eigenvalue weighted by molar-refractivity contribution is 6.34. The van der Waals surface area contributed by atoms with E-state index in [0.29, 0.717) is 17.2 Å². The summed E-state index contributed by atoms with van der Waals surface area (Å²) in [6.45, 7) is 4.37. The smallest absolute Gasteiger partial charge is 0.133 e. The molecule has 1 N–H and O–H groups in total. The molecule has 2 saturated heterocycles. The molecule has 3 aromatic rings. The van der Waals surface area contributed by atoms with Gasteiger partial charge in [-0.3, -0.25) is 19.9 Å². The normalized spacial score (nSPS) is 23.7. The van der Waals surface area contributed by atoms with E-state index in [4.69, 9.17) is 11.6 Å². The molecule has 0 amide bonds. The number of rotatable bonds is 4. The first kappa shape index (κ1) is 17.2. The predicted octanol–water partition coefficient (Wildman–Crippen LogP) is 3.50. The second kappa shape index (κ2) is 7.23. The fraction of sp³-hybridized carbons (Fsp3) is 0.429. The molecule has 2 atom stereocenters. The van der Waals surface area contributed by atoms with Crippen molar-refractivity contribution in [3.05, 3.63) is 59.0 Å². The van der Waals surface area contributed by atoms with Crippen LogP contribution in [0.3, 0.4) is 0 Å². The maximum Gasteiger partial charge on any atom is 0.133 e. The average Bonchev–Trinajstić information content (AvgIpc) is 3.30. The number of pyridine rings is 1. The van der Waals surface area contributed by atoms with Crippen LogP contribution in [0.25, 0.3) is 10.9 Å². The Kier molecular flexibility index (Phi) is 4.60. The van der Waals surface area contributed by atoms with E-state index in [1.165, 1.54) is 24.9 Å². The maximum absolute atomic E-state index is 6.22. The van der Waals surface area contributed by atoms with Gasteiger partial charge in [0.1, 0.15) is 10.7 Å². The van der Waals surface area contributed by atoms with Gasteiger partial charge in [-0.25, -0.2) is 0 Å². The number of fused-ring (bicyclic) bond motifs is 2. The molecule has 1 aromatic carbocycles. The molecule has 0 unspecified atom stereocenters. The van der Waals surface area contributed by atoms with Crippen LogP contribution in [0.2, 0.25) is 5.15 Å². The summed E-state index contributed by atoms with van der Waals surface area (Å²) in [5.41, 5.74) is 3.51. The number of aromatic nitrogens is 3. The maximum atomic E-state index is 6.22. The molecule has 5 rings (SSSR count). The molecule has 2 aliphatic rings. The Morgan fingerprint density at radius 1 is 1.15 bits per heavy atom. The van der Waals surface area contributed by atoms with Crippen LogP contribution >= 0.6 is 11.6 Å². The summed E-state index contributed by atoms with van der Waals surface area (Å²) in [7, 11) is 0. The van der Waals surface area contributed by atoms with E-state index in [1.54, 1.807) is 6.20 Å². The zero-order valence-electron chi connectivity index (χ0n) is 15.3. The van der Waals surface area contributed by atoms with E-state index >= 15 is 0 Å². The predicted molar refractivity (Wildman–Crippen MR) is 108 cm³/mol. The van der Waals surface area contributed by atoms with Gasteiger partial charge in [0.25, 0.3) is 0 Å². The van der Waals surface area contributed by atoms with Crippen molar-refractivity contribution in [1.82, 2.24) is 25.0 Å². The van der Waals surface area contributed by atoms with Gasteiger partial charge in [-0.1, -0.05) is 41.9 Å². The molecule has 6 heteroatoms. The topological polar surface area (TPSA) is 48.1 Å². The minimum absolute atomic E-state index is 0.506. The fourth-order valence-corrected chi connectivity index (χ4v) is 4.89. The third-order valence-electron chi connectivity index (χ3n) is 6.09. The quantitative estimate of drug-likeness (QED) is 0.751. The van der Waals surface area contributed by atoms with Crippen molar-refractivity contribution in [2.24, 2.45) is 0 Å². The summed E-state index contributed by atoms with van der Waals surface area (Å²) in [5, 5.41) is 8.80. The lowest BCUT2D eigenvalue weighted by Gasteiger charge is -2.44. The van der Waals surface area contributed by atoms with Crippen LogP contribution in [0.15, 0.2) is 42.7 Å². The molecular formula is C21H24ClN5. The molecule has 0 aliphatic carbocycles. The molecule has 0 saturated carbocycles. The van der Waals surface area contributed by atoms with Gasteiger partial charge < -0.3 is 0 Å². The Morgan fingerprint density at radius 3 is 2.93 bits per heavy atom. The number of piperazine rings is 1. The Hall–Kier alpha value is -1.95. The largest absolute Gasteiger partial charge is 0.298 e. The first-order valence-electron chi connectivity index (χ1n) is 9.76. The van der Waals surface area contributed by atoms with E-state index in [0.717, 1.165) is 42.5 Å². The monoisotopic (exact) mass is 381 g/mol. The highest BCUT2D eigenvalue weighted by atomic mass is 35.5. The number of hydrogen-bond acceptors (Lipinski definition) is 4. The van der Waals surface area contributed by atoms with Gasteiger partial charge in [0.05, 0.1) is 5.39 Å². The lowest BCUT2D eigenvalue weighted by Crippen LogP contribution is -2.56. The summed E-state index contributed by atoms with van der Waals surface area (Å²) in [6, 6.07) is 12.0. The average molecular weight is 382 g/mol. The summed E-state index contributed by atoms with van der Waals surface area (Å²) in [5.74, 6) is 0. The highest BCUT2D eigenvalue weighted by Crippen LogP contribution is 2.29. The number of aromatic amines is 1. The zero-order chi connectivity index (χ0) is 18.2. The van der Waals surface area contributed by atoms with Gasteiger partial charge in [-0.15, -0.1) is 0 Å². The van der Waals surface area contributed by atoms with Crippen LogP contribution in [-0.4, -0.2) is 56.7 Å². The number of halogens is 1. The van der Waals surface area contributed by atoms with Gasteiger partial charge in [-0.05, 0) is 31.4 Å². The molecule has 27 heavy (non-hydrogen) atoms. The molecule has 4 heterocycles. The van der Waals surface area contributed by atoms with Gasteiger partial charge >= 0.3 is 0 Å². The first-order valence-corrected chi connectivity index (χ1v) is 10.1. The number of nitrogens with one attached hydrogen (secondary N) is 1. The Labute approximate surface area is 164 Å². The molecular weight excluding hydrogens is 358 g/mol. The van der Waals surface area contributed by atoms with Crippen LogP contribution < -0.4 is 0 Å². The molecule has 5 nitrogen and oxygen atoms in total. The van der Waals surface area contributed by atoms with E-state index in [9.17, 15) is 0 Å². The molecule has 2 fully saturated rings. The number of nitrogens with zero attached hydrogens (tertiary/aromatic N) is 4. The van der Waals surface area contributed by atoms with Crippen LogP contribution in [0.1, 0.15) is 24.0 Å². The number of hydrogen-bond donors (Lipinski definition) is 1. The second-order valence-corrected chi connectivity index (χ2v) is 8.17. The van der Waals surface area contributed by atoms with E-state index in [-0.39, 0.29) is 0 Å². The molecule has 0 radical (unpaired) electrons. The summed E-state index contributed by atoms with van der Waals surface area (Å²) >= 11 is 6.22. The van der Waals surface area contributed by atoms with E-state index in [2.05, 4.69) is 55.3 Å². The van der Waals surface area contributed by atoms with Crippen molar-refractivity contribution >= 4 is 22.5 Å². The summed E-state index contributed by atoms with van der Waals surface area (Å²) in [4.78, 5) is 9.73. The van der Waals surface area contributed by atoms with Gasteiger partial charge in [0.2, 0.25) is 0 Å². The van der Waals surface area contributed by atoms with Crippen LogP contribution in [0, 0.1) is 0 Å². The van der Waals surface area contributed by atoms with Crippen molar-refractivity contribution in [2.75, 3.05) is 19.6 Å². The van der Waals surface area contributed by atoms with Gasteiger partial charge in [0, 0.05) is 49.7 Å². The van der Waals surface area contributed by atoms with Crippen LogP contribution in [0.4, 0.5) is 0 Å². The fourth-order valence-electron chi connectivity index (χ4n) is 4.71. The third-order valence-corrected chi connectivity index (χ3v) is 6.38. The first-order chi connectivity index (χ1) is 13.3. The standard InChI is InChI=1S/C21H24ClN5/c22-21-19-11-23-10-16(20(19)24-25-21)12-27-13-17-7-4-8-26(17)14-18(27)9-15-5-2-1-3-6-15/h1-3,5-6,10-11,17-18H,4,7-9,12-14H2,(H,24,25)/t17-,18+/m0/s1. The SMILES string of the molecule is Clc1[nH]nc2c(CN3C[C@@H]4CCCN4C[C@H]3Cc3ccccc3)cncc12. The number of H-pyrrole nitrogens is 1. The van der Waals surface area contributed by atoms with Crippen LogP contribution in [0.5, 0.6) is 0 Å². The summed E-state index contributed by atoms with van der Waals surface area (Å²) in [6.07, 6.45) is 7.45. The van der Waals surface area contributed by atoms with Crippen molar-refractivity contribution in [2.45, 2.75) is 37.9 Å². The molecule has 0 spiro atoms. The lowest BCUT2D eigenvalue weighted by atomic mass is 9.99. The lowest BCUT2D eigenvalue weighted by molar-refractivity contribution is 0.0457. The molecule has 2 aromatic heterocycles. The highest BCUT2D eigenvalue weighted by Gasteiger charge is 2.36. The Bertz CT molecular complexity index is 925. The van der Waals surface area contributed by atoms with Gasteiger partial charge in [-0.2, -0.15) is 5.10 Å². The molecule has 140 valence electrons. The van der Waals surface area contributed by atoms with Crippen molar-refractivity contribution in [1.29, 1.82) is 0 Å².